The Labute approximate surface area is 350 Å². The first kappa shape index (κ1) is 44.5. The van der Waals surface area contributed by atoms with Crippen LogP contribution in [0.4, 0.5) is 17.1 Å². The van der Waals surface area contributed by atoms with Crippen LogP contribution in [0.1, 0.15) is 124 Å². The van der Waals surface area contributed by atoms with E-state index in [-0.39, 0.29) is 18.0 Å². The Morgan fingerprint density at radius 1 is 0.768 bits per heavy atom. The Balaban J connectivity index is 0.000000246. The van der Waals surface area contributed by atoms with Crippen LogP contribution in [0.15, 0.2) is 72.8 Å². The molecule has 4 aromatic rings. The minimum atomic E-state index is -0.775. The second kappa shape index (κ2) is 19.3. The molecule has 0 radical (unpaired) electrons. The van der Waals surface area contributed by atoms with E-state index in [1.807, 2.05) is 6.07 Å². The Morgan fingerprint density at radius 3 is 1.68 bits per heavy atom. The van der Waals surface area contributed by atoms with E-state index < -0.39 is 17.9 Å². The van der Waals surface area contributed by atoms with Crippen LogP contribution in [-0.4, -0.2) is 49.8 Å². The molecule has 4 aromatic carbocycles. The topological polar surface area (TPSA) is 71.6 Å². The van der Waals surface area contributed by atoms with Gasteiger partial charge in [0.1, 0.15) is 0 Å². The van der Waals surface area contributed by atoms with Gasteiger partial charge in [0.25, 0.3) is 0 Å². The summed E-state index contributed by atoms with van der Waals surface area (Å²) in [5, 5.41) is 0. The van der Waals surface area contributed by atoms with Gasteiger partial charge in [-0.3, -0.25) is 0 Å². The van der Waals surface area contributed by atoms with Crippen LogP contribution in [-0.2, 0) is 22.6 Å². The number of hydrogen-bond acceptors (Lipinski definition) is 7. The smallest absolute Gasteiger partial charge is 0.147 e. The molecule has 0 N–H and O–H groups in total. The summed E-state index contributed by atoms with van der Waals surface area (Å²) in [5.74, 6) is 2.54. The van der Waals surface area contributed by atoms with Crippen LogP contribution < -0.4 is 28.9 Å². The van der Waals surface area contributed by atoms with Gasteiger partial charge in [0.2, 0.25) is 0 Å². The number of fused-ring (bicyclic) bond motifs is 1. The molecule has 10 heteroatoms. The fraction of sp³-hybridized carbons (Fsp3) is 0.391. The van der Waals surface area contributed by atoms with E-state index in [0.29, 0.717) is 46.6 Å². The number of ether oxygens (including phenoxy) is 3. The number of hydrogen-bond donors (Lipinski definition) is 0. The second-order valence-electron chi connectivity index (χ2n) is 15.3. The van der Waals surface area contributed by atoms with Crippen molar-refractivity contribution in [1.29, 1.82) is 0 Å². The van der Waals surface area contributed by atoms with Gasteiger partial charge >= 0.3 is 161 Å². The molecule has 0 aliphatic carbocycles. The summed E-state index contributed by atoms with van der Waals surface area (Å²) < 4.78 is 18.0. The first-order valence-corrected chi connectivity index (χ1v) is 20.2. The van der Waals surface area contributed by atoms with E-state index in [4.69, 9.17) is 14.2 Å². The number of amides is 2. The average molecular weight is 869 g/mol. The number of benzene rings is 4. The van der Waals surface area contributed by atoms with Gasteiger partial charge in [0.05, 0.1) is 0 Å². The molecular formula is C46H57ClN3O5Ru. The zero-order chi connectivity index (χ0) is 40.1. The fourth-order valence-electron chi connectivity index (χ4n) is 7.28. The quantitative estimate of drug-likeness (QED) is 0.0893. The number of nitrogens with zero attached hydrogens (tertiary/aromatic N) is 3. The Morgan fingerprint density at radius 2 is 1.25 bits per heavy atom. The first-order chi connectivity index (χ1) is 26.2. The molecule has 2 heterocycles. The van der Waals surface area contributed by atoms with Crippen molar-refractivity contribution in [3.8, 4) is 17.2 Å². The number of imide groups is 1. The summed E-state index contributed by atoms with van der Waals surface area (Å²) in [6, 6.07) is 23.9. The summed E-state index contributed by atoms with van der Waals surface area (Å²) in [5.41, 5.74) is 10.1. The van der Waals surface area contributed by atoms with E-state index in [0.717, 1.165) is 23.6 Å². The fourth-order valence-corrected chi connectivity index (χ4v) is 7.68. The summed E-state index contributed by atoms with van der Waals surface area (Å²) in [6.07, 6.45) is -0.775. The normalized spacial score (nSPS) is 15.0. The Kier molecular flexibility index (Phi) is 15.3. The molecule has 2 amide bonds. The Bertz CT molecular complexity index is 1910. The monoisotopic (exact) mass is 868 g/mol. The molecule has 1 saturated heterocycles. The average Bonchev–Trinajstić information content (AvgIpc) is 3.67. The molecule has 6 rings (SSSR count). The molecule has 56 heavy (non-hydrogen) atoms. The number of carbonyl (C=O) groups is 2. The van der Waals surface area contributed by atoms with Crippen LogP contribution in [0.3, 0.4) is 0 Å². The van der Waals surface area contributed by atoms with Crippen molar-refractivity contribution in [1.82, 2.24) is 0 Å². The molecule has 1 unspecified atom stereocenters. The van der Waals surface area contributed by atoms with E-state index in [9.17, 15) is 9.59 Å². The molecule has 0 spiro atoms. The molecule has 0 aromatic heterocycles. The summed E-state index contributed by atoms with van der Waals surface area (Å²) in [6.45, 7) is 24.5. The molecule has 0 bridgehead atoms. The van der Waals surface area contributed by atoms with Crippen LogP contribution in [0.2, 0.25) is 0 Å². The van der Waals surface area contributed by atoms with Gasteiger partial charge in [-0.05, 0) is 45.9 Å². The number of anilines is 3. The van der Waals surface area contributed by atoms with Crippen molar-refractivity contribution in [3.05, 3.63) is 113 Å². The number of carbonyl (C=O) groups excluding carboxylic acids is 2. The van der Waals surface area contributed by atoms with Crippen molar-refractivity contribution in [2.75, 3.05) is 42.0 Å². The minimum absolute atomic E-state index is 0. The molecule has 301 valence electrons. The third-order valence-corrected chi connectivity index (χ3v) is 10.7. The van der Waals surface area contributed by atoms with Crippen LogP contribution >= 0.6 is 12.4 Å². The number of rotatable bonds is 10. The molecule has 8 nitrogen and oxygen atoms in total. The van der Waals surface area contributed by atoms with E-state index >= 15 is 0 Å². The predicted molar refractivity (Wildman–Crippen MR) is 229 cm³/mol. The summed E-state index contributed by atoms with van der Waals surface area (Å²) in [4.78, 5) is 32.1. The molecule has 2 aliphatic heterocycles. The zero-order valence-electron chi connectivity index (χ0n) is 34.5. The zero-order valence-corrected chi connectivity index (χ0v) is 37.1. The maximum absolute atomic E-state index is 13.2. The summed E-state index contributed by atoms with van der Waals surface area (Å²) in [7, 11) is 2.99. The third kappa shape index (κ3) is 9.16. The van der Waals surface area contributed by atoms with Crippen molar-refractivity contribution in [3.63, 3.8) is 0 Å². The van der Waals surface area contributed by atoms with Gasteiger partial charge in [-0.15, -0.1) is 12.4 Å². The van der Waals surface area contributed by atoms with Crippen molar-refractivity contribution in [2.45, 2.75) is 92.1 Å². The largest absolute Gasteiger partial charge is 0.147 e. The van der Waals surface area contributed by atoms with Crippen LogP contribution in [0.5, 0.6) is 17.2 Å². The van der Waals surface area contributed by atoms with E-state index in [1.165, 1.54) is 47.8 Å². The van der Waals surface area contributed by atoms with Gasteiger partial charge in [0.15, 0.2) is 0 Å². The number of para-hydroxylation sites is 3. The molecule has 1 atom stereocenters. The predicted octanol–water partition coefficient (Wildman–Crippen LogP) is 10.4. The van der Waals surface area contributed by atoms with E-state index in [1.54, 1.807) is 41.9 Å². The Hall–Kier alpha value is -4.20. The van der Waals surface area contributed by atoms with E-state index in [2.05, 4.69) is 126 Å². The number of methoxy groups -OCH3 is 2. The maximum Gasteiger partial charge on any atom is -0.147 e. The number of halogens is 1. The standard InChI is InChI=1S/C27H39N2.C19H17NO5.ClH.Ru/c1-18(2)22-11-9-12-23(19(3)4)26(22)28-15-16-29(17-28)27-24(20(5)6)13-10-14-25(27)21(7)8;1-11-6-5-7-15-17(11)25-12(2)18(21)20(15)19(22)14-9-8-13(23-3)10-16(14)24-4;;/h9-14,17-21H,15-16H2,1-8H3;1,5-10,12H,2-4H3;1H;/q-1;;;+1. The van der Waals surface area contributed by atoms with Gasteiger partial charge in [0, 0.05) is 24.5 Å². The van der Waals surface area contributed by atoms with Gasteiger partial charge < -0.3 is 9.80 Å². The van der Waals surface area contributed by atoms with Crippen molar-refractivity contribution in [2.24, 2.45) is 0 Å². The molecular weight excluding hydrogens is 811 g/mol. The first-order valence-electron chi connectivity index (χ1n) is 19.2. The van der Waals surface area contributed by atoms with Gasteiger partial charge in [-0.1, -0.05) is 91.8 Å². The minimum Gasteiger partial charge on any atom is -0.147 e. The SMILES string of the molecule is CC(C)c1cccc(C(C)C)c1N1[CH-]N(c2c(C(C)C)cccc2C(C)C)CC1.COc1ccc(C(=O)N2C(=O)C(C)Oc3c([CH]=[Ru+])cccc32)c(OC)c1.Cl. The van der Waals surface area contributed by atoms with Gasteiger partial charge in [-0.2, -0.15) is 6.67 Å². The third-order valence-electron chi connectivity index (χ3n) is 10.2. The van der Waals surface area contributed by atoms with Crippen LogP contribution in [0.25, 0.3) is 0 Å². The second-order valence-corrected chi connectivity index (χ2v) is 15.8. The summed E-state index contributed by atoms with van der Waals surface area (Å²) >= 11 is 2.40. The maximum atomic E-state index is 13.2. The molecule has 2 aliphatic rings. The molecule has 0 saturated carbocycles. The van der Waals surface area contributed by atoms with Crippen molar-refractivity contribution < 1.29 is 41.7 Å². The van der Waals surface area contributed by atoms with Crippen LogP contribution in [0, 0.1) is 6.67 Å². The molecule has 1 fully saturated rings. The van der Waals surface area contributed by atoms with Crippen molar-refractivity contribution >= 4 is 45.9 Å². The van der Waals surface area contributed by atoms with Gasteiger partial charge in [-0.25, -0.2) is 0 Å².